The van der Waals surface area contributed by atoms with E-state index in [9.17, 15) is 5.11 Å². The first-order chi connectivity index (χ1) is 24.7. The molecule has 0 aliphatic carbocycles. The Kier molecular flexibility index (Phi) is 9.08. The standard InChI is InChI=1S/C44H46N6O/c1-6-31-43(7-2)45-40(42(4,5)51)32(3)49(43)37-29-27-33(28-30-37)38-25-17-18-26-39(38)41-46-47-48-50(41)44(34-19-11-8-12-20-34,35-21-13-9-14-22-35)36-23-15-10-16-24-36/h8-30,45,51H,6-7,31H2,1-5H3. The largest absolute Gasteiger partial charge is 0.384 e. The maximum atomic E-state index is 11.1. The van der Waals surface area contributed by atoms with Crippen LogP contribution < -0.4 is 10.2 Å². The van der Waals surface area contributed by atoms with Crippen LogP contribution >= 0.6 is 0 Å². The van der Waals surface area contributed by atoms with E-state index in [1.165, 1.54) is 0 Å². The topological polar surface area (TPSA) is 79.1 Å². The van der Waals surface area contributed by atoms with Crippen LogP contribution in [0.3, 0.4) is 0 Å². The normalized spacial score (nSPS) is 16.4. The molecular formula is C44H46N6O. The summed E-state index contributed by atoms with van der Waals surface area (Å²) in [5.41, 5.74) is 7.03. The zero-order valence-corrected chi connectivity index (χ0v) is 30.1. The van der Waals surface area contributed by atoms with Crippen molar-refractivity contribution in [3.05, 3.63) is 168 Å². The third-order valence-corrected chi connectivity index (χ3v) is 10.3. The minimum atomic E-state index is -0.982. The summed E-state index contributed by atoms with van der Waals surface area (Å²) in [6.45, 7) is 10.2. The van der Waals surface area contributed by atoms with Crippen LogP contribution in [-0.2, 0) is 5.54 Å². The third-order valence-electron chi connectivity index (χ3n) is 10.3. The lowest BCUT2D eigenvalue weighted by Gasteiger charge is -2.41. The van der Waals surface area contributed by atoms with E-state index < -0.39 is 11.1 Å². The molecule has 6 aromatic rings. The van der Waals surface area contributed by atoms with E-state index in [1.54, 1.807) is 0 Å². The SMILES string of the molecule is CCCC1(CC)NC(C(C)(C)O)=C(C)N1c1ccc(-c2ccccc2-c2nnnn2C(c2ccccc2)(c2ccccc2)c2ccccc2)cc1. The third kappa shape index (κ3) is 5.81. The molecule has 0 saturated heterocycles. The average molecular weight is 675 g/mol. The summed E-state index contributed by atoms with van der Waals surface area (Å²) in [5, 5.41) is 28.7. The molecule has 5 aromatic carbocycles. The minimum Gasteiger partial charge on any atom is -0.384 e. The minimum absolute atomic E-state index is 0.314. The molecule has 0 spiro atoms. The van der Waals surface area contributed by atoms with E-state index in [0.717, 1.165) is 69.7 Å². The smallest absolute Gasteiger partial charge is 0.184 e. The van der Waals surface area contributed by atoms with Crippen molar-refractivity contribution < 1.29 is 5.11 Å². The Bertz CT molecular complexity index is 2020. The molecule has 51 heavy (non-hydrogen) atoms. The fourth-order valence-corrected chi connectivity index (χ4v) is 8.07. The lowest BCUT2D eigenvalue weighted by Crippen LogP contribution is -2.53. The van der Waals surface area contributed by atoms with E-state index in [4.69, 9.17) is 10.3 Å². The van der Waals surface area contributed by atoms with Gasteiger partial charge < -0.3 is 15.3 Å². The van der Waals surface area contributed by atoms with Gasteiger partial charge in [-0.25, -0.2) is 4.68 Å². The number of aliphatic hydroxyl groups is 1. The van der Waals surface area contributed by atoms with Crippen LogP contribution in [0.5, 0.6) is 0 Å². The highest BCUT2D eigenvalue weighted by Gasteiger charge is 2.46. The van der Waals surface area contributed by atoms with Gasteiger partial charge in [-0.15, -0.1) is 5.10 Å². The Morgan fingerprint density at radius 1 is 0.686 bits per heavy atom. The number of hydrogen-bond acceptors (Lipinski definition) is 6. The molecule has 2 heterocycles. The molecule has 7 rings (SSSR count). The molecule has 7 heteroatoms. The Balaban J connectivity index is 1.38. The predicted octanol–water partition coefficient (Wildman–Crippen LogP) is 9.17. The number of benzene rings is 5. The molecule has 0 fully saturated rings. The molecule has 1 atom stereocenters. The molecule has 7 nitrogen and oxygen atoms in total. The van der Waals surface area contributed by atoms with Gasteiger partial charge in [-0.3, -0.25) is 0 Å². The van der Waals surface area contributed by atoms with Crippen molar-refractivity contribution in [2.45, 2.75) is 70.7 Å². The van der Waals surface area contributed by atoms with Crippen molar-refractivity contribution in [1.82, 2.24) is 25.5 Å². The van der Waals surface area contributed by atoms with Crippen LogP contribution in [0, 0.1) is 0 Å². The predicted molar refractivity (Wildman–Crippen MR) is 206 cm³/mol. The lowest BCUT2D eigenvalue weighted by atomic mass is 9.77. The first-order valence-corrected chi connectivity index (χ1v) is 17.9. The summed E-state index contributed by atoms with van der Waals surface area (Å²) < 4.78 is 1.99. The summed E-state index contributed by atoms with van der Waals surface area (Å²) in [4.78, 5) is 2.38. The number of nitrogens with one attached hydrogen (secondary N) is 1. The number of aromatic nitrogens is 4. The molecule has 0 bridgehead atoms. The van der Waals surface area contributed by atoms with Crippen molar-refractivity contribution >= 4 is 5.69 Å². The van der Waals surface area contributed by atoms with Gasteiger partial charge in [0.05, 0.1) is 5.70 Å². The maximum Gasteiger partial charge on any atom is 0.184 e. The van der Waals surface area contributed by atoms with Gasteiger partial charge in [-0.1, -0.05) is 148 Å². The van der Waals surface area contributed by atoms with Crippen molar-refractivity contribution in [3.63, 3.8) is 0 Å². The van der Waals surface area contributed by atoms with E-state index in [2.05, 4.69) is 151 Å². The van der Waals surface area contributed by atoms with E-state index in [-0.39, 0.29) is 5.66 Å². The second-order valence-corrected chi connectivity index (χ2v) is 13.9. The molecule has 1 aliphatic heterocycles. The Hall–Kier alpha value is -5.53. The van der Waals surface area contributed by atoms with Crippen LogP contribution in [0.25, 0.3) is 22.5 Å². The van der Waals surface area contributed by atoms with Gasteiger partial charge in [0.15, 0.2) is 5.82 Å². The fourth-order valence-electron chi connectivity index (χ4n) is 8.07. The Morgan fingerprint density at radius 2 is 1.20 bits per heavy atom. The first-order valence-electron chi connectivity index (χ1n) is 17.9. The van der Waals surface area contributed by atoms with Crippen molar-refractivity contribution in [3.8, 4) is 22.5 Å². The van der Waals surface area contributed by atoms with Crippen LogP contribution in [-0.4, -0.2) is 36.6 Å². The fraction of sp³-hybridized carbons (Fsp3) is 0.250. The molecule has 1 unspecified atom stereocenters. The summed E-state index contributed by atoms with van der Waals surface area (Å²) in [6, 6.07) is 48.5. The second kappa shape index (κ2) is 13.6. The molecular weight excluding hydrogens is 629 g/mol. The summed E-state index contributed by atoms with van der Waals surface area (Å²) >= 11 is 0. The van der Waals surface area contributed by atoms with E-state index >= 15 is 0 Å². The Labute approximate surface area is 301 Å². The molecule has 258 valence electrons. The first kappa shape index (κ1) is 33.9. The average Bonchev–Trinajstić information content (AvgIpc) is 3.77. The van der Waals surface area contributed by atoms with Crippen LogP contribution in [0.15, 0.2) is 151 Å². The van der Waals surface area contributed by atoms with Crippen LogP contribution in [0.4, 0.5) is 5.69 Å². The Morgan fingerprint density at radius 3 is 1.69 bits per heavy atom. The highest BCUT2D eigenvalue weighted by molar-refractivity contribution is 5.82. The zero-order chi connectivity index (χ0) is 35.6. The zero-order valence-electron chi connectivity index (χ0n) is 30.1. The number of rotatable bonds is 11. The molecule has 0 radical (unpaired) electrons. The number of tetrazole rings is 1. The maximum absolute atomic E-state index is 11.1. The molecule has 1 aromatic heterocycles. The van der Waals surface area contributed by atoms with Gasteiger partial charge >= 0.3 is 0 Å². The van der Waals surface area contributed by atoms with Gasteiger partial charge in [-0.05, 0) is 84.0 Å². The quantitative estimate of drug-likeness (QED) is 0.134. The van der Waals surface area contributed by atoms with Crippen molar-refractivity contribution in [2.75, 3.05) is 4.90 Å². The van der Waals surface area contributed by atoms with Gasteiger partial charge in [0.1, 0.15) is 16.8 Å². The lowest BCUT2D eigenvalue weighted by molar-refractivity contribution is 0.107. The van der Waals surface area contributed by atoms with E-state index in [0.29, 0.717) is 5.82 Å². The highest BCUT2D eigenvalue weighted by atomic mass is 16.3. The molecule has 1 aliphatic rings. The number of hydrogen-bond donors (Lipinski definition) is 2. The molecule has 0 amide bonds. The van der Waals surface area contributed by atoms with Crippen molar-refractivity contribution in [2.24, 2.45) is 0 Å². The van der Waals surface area contributed by atoms with Crippen LogP contribution in [0.2, 0.25) is 0 Å². The summed E-state index contributed by atoms with van der Waals surface area (Å²) in [5.74, 6) is 0.663. The van der Waals surface area contributed by atoms with Crippen LogP contribution in [0.1, 0.15) is 70.6 Å². The number of nitrogens with zero attached hydrogens (tertiary/aromatic N) is 5. The highest BCUT2D eigenvalue weighted by Crippen LogP contribution is 2.45. The monoisotopic (exact) mass is 674 g/mol. The van der Waals surface area contributed by atoms with Gasteiger partial charge in [0.25, 0.3) is 0 Å². The summed E-state index contributed by atoms with van der Waals surface area (Å²) in [7, 11) is 0. The van der Waals surface area contributed by atoms with Crippen molar-refractivity contribution in [1.29, 1.82) is 0 Å². The molecule has 2 N–H and O–H groups in total. The van der Waals surface area contributed by atoms with E-state index in [1.807, 2.05) is 42.8 Å². The summed E-state index contributed by atoms with van der Waals surface area (Å²) in [6.07, 6.45) is 2.84. The number of anilines is 1. The van der Waals surface area contributed by atoms with Gasteiger partial charge in [0.2, 0.25) is 0 Å². The molecule has 0 saturated carbocycles. The second-order valence-electron chi connectivity index (χ2n) is 13.9. The van der Waals surface area contributed by atoms with Gasteiger partial charge in [0, 0.05) is 16.9 Å². The van der Waals surface area contributed by atoms with Gasteiger partial charge in [-0.2, -0.15) is 0 Å². The number of allylic oxidation sites excluding steroid dienone is 1.